The average Bonchev–Trinajstić information content (AvgIpc) is 3.35. The van der Waals surface area contributed by atoms with Gasteiger partial charge in [-0.25, -0.2) is 9.97 Å². The summed E-state index contributed by atoms with van der Waals surface area (Å²) in [4.78, 5) is 27.5. The van der Waals surface area contributed by atoms with Crippen LogP contribution in [0.5, 0.6) is 0 Å². The van der Waals surface area contributed by atoms with Gasteiger partial charge in [0.25, 0.3) is 0 Å². The summed E-state index contributed by atoms with van der Waals surface area (Å²) >= 11 is 0. The number of likely N-dealkylation sites (tertiary alicyclic amines) is 1. The summed E-state index contributed by atoms with van der Waals surface area (Å²) in [5, 5.41) is 0. The van der Waals surface area contributed by atoms with Crippen LogP contribution in [0.1, 0.15) is 30.3 Å². The van der Waals surface area contributed by atoms with Crippen molar-refractivity contribution in [2.75, 3.05) is 13.1 Å². The fourth-order valence-corrected chi connectivity index (χ4v) is 3.53. The van der Waals surface area contributed by atoms with Crippen LogP contribution in [0.4, 0.5) is 0 Å². The number of pyridine rings is 1. The van der Waals surface area contributed by atoms with Crippen LogP contribution >= 0.6 is 0 Å². The second-order valence-electron chi connectivity index (χ2n) is 6.65. The third-order valence-electron chi connectivity index (χ3n) is 4.82. The molecule has 134 valence electrons. The Morgan fingerprint density at radius 2 is 2.12 bits per heavy atom. The van der Waals surface area contributed by atoms with Crippen LogP contribution in [0.25, 0.3) is 0 Å². The lowest BCUT2D eigenvalue weighted by atomic mass is 9.97. The number of piperidine rings is 1. The van der Waals surface area contributed by atoms with E-state index in [0.717, 1.165) is 30.9 Å². The first-order valence-electron chi connectivity index (χ1n) is 8.94. The molecule has 3 aromatic rings. The van der Waals surface area contributed by atoms with Crippen molar-refractivity contribution in [3.8, 4) is 0 Å². The van der Waals surface area contributed by atoms with Crippen LogP contribution in [-0.4, -0.2) is 48.0 Å². The zero-order valence-electron chi connectivity index (χ0n) is 14.6. The monoisotopic (exact) mass is 350 g/mol. The lowest BCUT2D eigenvalue weighted by molar-refractivity contribution is -0.133. The second-order valence-corrected chi connectivity index (χ2v) is 6.65. The van der Waals surface area contributed by atoms with Crippen LogP contribution in [0.3, 0.4) is 0 Å². The highest BCUT2D eigenvalue weighted by atomic mass is 16.2. The molecule has 26 heavy (non-hydrogen) atoms. The molecule has 1 fully saturated rings. The number of aromatic nitrogens is 5. The molecule has 1 amide bonds. The molecular weight excluding hydrogens is 328 g/mol. The Bertz CT molecular complexity index is 842. The molecule has 0 saturated carbocycles. The molecule has 0 aromatic carbocycles. The number of carbonyl (C=O) groups excluding carboxylic acids is 1. The highest BCUT2D eigenvalue weighted by Crippen LogP contribution is 2.26. The van der Waals surface area contributed by atoms with Gasteiger partial charge in [0, 0.05) is 50.0 Å². The van der Waals surface area contributed by atoms with E-state index in [1.165, 1.54) is 0 Å². The van der Waals surface area contributed by atoms with E-state index in [4.69, 9.17) is 0 Å². The van der Waals surface area contributed by atoms with E-state index in [0.29, 0.717) is 19.6 Å². The number of nitrogens with zero attached hydrogens (tertiary/aromatic N) is 6. The standard InChI is InChI=1S/C19H22N6O/c26-18(14-23-10-7-20-15-23)24-9-3-4-16(12-24)19-22-8-11-25(19)13-17-5-1-2-6-21-17/h1-2,5-8,10-11,15-16H,3-4,9,12-14H2/t16-/m0/s1. The van der Waals surface area contributed by atoms with Gasteiger partial charge in [-0.1, -0.05) is 6.07 Å². The molecule has 0 aliphatic carbocycles. The van der Waals surface area contributed by atoms with Crippen LogP contribution < -0.4 is 0 Å². The first kappa shape index (κ1) is 16.5. The van der Waals surface area contributed by atoms with Gasteiger partial charge in [-0.05, 0) is 25.0 Å². The average molecular weight is 350 g/mol. The van der Waals surface area contributed by atoms with Crippen molar-refractivity contribution in [1.29, 1.82) is 0 Å². The van der Waals surface area contributed by atoms with Crippen molar-refractivity contribution in [1.82, 2.24) is 29.0 Å². The van der Waals surface area contributed by atoms with E-state index in [1.54, 1.807) is 12.5 Å². The summed E-state index contributed by atoms with van der Waals surface area (Å²) in [6, 6.07) is 5.94. The molecule has 0 unspecified atom stereocenters. The summed E-state index contributed by atoms with van der Waals surface area (Å²) in [5.41, 5.74) is 1.01. The molecule has 0 radical (unpaired) electrons. The van der Waals surface area contributed by atoms with Crippen molar-refractivity contribution in [3.05, 3.63) is 67.0 Å². The predicted molar refractivity (Wildman–Crippen MR) is 96.3 cm³/mol. The number of rotatable bonds is 5. The minimum Gasteiger partial charge on any atom is -0.340 e. The first-order valence-corrected chi connectivity index (χ1v) is 8.94. The Kier molecular flexibility index (Phi) is 4.77. The molecule has 4 rings (SSSR count). The molecule has 7 heteroatoms. The molecule has 1 atom stereocenters. The Hall–Kier alpha value is -2.96. The van der Waals surface area contributed by atoms with Gasteiger partial charge in [0.2, 0.25) is 5.91 Å². The predicted octanol–water partition coefficient (Wildman–Crippen LogP) is 1.93. The summed E-state index contributed by atoms with van der Waals surface area (Å²) in [6.45, 7) is 2.57. The van der Waals surface area contributed by atoms with Gasteiger partial charge in [-0.2, -0.15) is 0 Å². The number of hydrogen-bond acceptors (Lipinski definition) is 4. The zero-order chi connectivity index (χ0) is 17.8. The lowest BCUT2D eigenvalue weighted by Gasteiger charge is -2.32. The second kappa shape index (κ2) is 7.51. The van der Waals surface area contributed by atoms with E-state index in [9.17, 15) is 4.79 Å². The topological polar surface area (TPSA) is 68.8 Å². The fourth-order valence-electron chi connectivity index (χ4n) is 3.53. The maximum Gasteiger partial charge on any atom is 0.242 e. The molecule has 0 N–H and O–H groups in total. The normalized spacial score (nSPS) is 17.4. The van der Waals surface area contributed by atoms with Crippen LogP contribution in [0.15, 0.2) is 55.5 Å². The van der Waals surface area contributed by atoms with E-state index >= 15 is 0 Å². The van der Waals surface area contributed by atoms with Gasteiger partial charge in [0.1, 0.15) is 12.4 Å². The van der Waals surface area contributed by atoms with Gasteiger partial charge >= 0.3 is 0 Å². The highest BCUT2D eigenvalue weighted by molar-refractivity contribution is 5.76. The maximum absolute atomic E-state index is 12.6. The highest BCUT2D eigenvalue weighted by Gasteiger charge is 2.27. The maximum atomic E-state index is 12.6. The molecule has 0 spiro atoms. The molecular formula is C19H22N6O. The van der Waals surface area contributed by atoms with Gasteiger partial charge in [0.05, 0.1) is 18.6 Å². The van der Waals surface area contributed by atoms with Gasteiger partial charge in [-0.15, -0.1) is 0 Å². The molecule has 1 aliphatic heterocycles. The van der Waals surface area contributed by atoms with Crippen LogP contribution in [0.2, 0.25) is 0 Å². The Balaban J connectivity index is 1.45. The number of carbonyl (C=O) groups is 1. The van der Waals surface area contributed by atoms with Crippen molar-refractivity contribution in [2.45, 2.75) is 31.8 Å². The molecule has 1 aliphatic rings. The van der Waals surface area contributed by atoms with Crippen molar-refractivity contribution in [2.24, 2.45) is 0 Å². The smallest absolute Gasteiger partial charge is 0.242 e. The summed E-state index contributed by atoms with van der Waals surface area (Å²) in [6.07, 6.45) is 12.9. The van der Waals surface area contributed by atoms with E-state index in [2.05, 4.69) is 19.5 Å². The van der Waals surface area contributed by atoms with Crippen molar-refractivity contribution in [3.63, 3.8) is 0 Å². The Morgan fingerprint density at radius 1 is 1.15 bits per heavy atom. The largest absolute Gasteiger partial charge is 0.340 e. The molecule has 4 heterocycles. The quantitative estimate of drug-likeness (QED) is 0.705. The third-order valence-corrected chi connectivity index (χ3v) is 4.82. The fraction of sp³-hybridized carbons (Fsp3) is 0.368. The molecule has 3 aromatic heterocycles. The lowest BCUT2D eigenvalue weighted by Crippen LogP contribution is -2.41. The van der Waals surface area contributed by atoms with Gasteiger partial charge in [0.15, 0.2) is 0 Å². The SMILES string of the molecule is O=C(Cn1ccnc1)N1CCC[C@H](c2nccn2Cc2ccccn2)C1. The minimum absolute atomic E-state index is 0.135. The Labute approximate surface area is 152 Å². The molecule has 1 saturated heterocycles. The summed E-state index contributed by atoms with van der Waals surface area (Å²) in [5.74, 6) is 1.43. The van der Waals surface area contributed by atoms with E-state index < -0.39 is 0 Å². The van der Waals surface area contributed by atoms with Crippen LogP contribution in [-0.2, 0) is 17.9 Å². The number of amides is 1. The Morgan fingerprint density at radius 3 is 2.92 bits per heavy atom. The minimum atomic E-state index is 0.135. The van der Waals surface area contributed by atoms with Crippen molar-refractivity contribution < 1.29 is 4.79 Å². The first-order chi connectivity index (χ1) is 12.8. The number of hydrogen-bond donors (Lipinski definition) is 0. The molecule has 0 bridgehead atoms. The molecule has 7 nitrogen and oxygen atoms in total. The third kappa shape index (κ3) is 3.66. The summed E-state index contributed by atoms with van der Waals surface area (Å²) < 4.78 is 3.96. The zero-order valence-corrected chi connectivity index (χ0v) is 14.6. The number of imidazole rings is 2. The van der Waals surface area contributed by atoms with E-state index in [1.807, 2.05) is 52.5 Å². The van der Waals surface area contributed by atoms with E-state index in [-0.39, 0.29) is 11.8 Å². The van der Waals surface area contributed by atoms with Gasteiger partial charge < -0.3 is 14.0 Å². The summed E-state index contributed by atoms with van der Waals surface area (Å²) in [7, 11) is 0. The van der Waals surface area contributed by atoms with Crippen LogP contribution in [0, 0.1) is 0 Å². The van der Waals surface area contributed by atoms with Gasteiger partial charge in [-0.3, -0.25) is 9.78 Å². The van der Waals surface area contributed by atoms with Crippen molar-refractivity contribution >= 4 is 5.91 Å².